The molecule has 0 saturated heterocycles. The van der Waals surface area contributed by atoms with Crippen LogP contribution in [0.25, 0.3) is 0 Å². The number of hydrogen-bond acceptors (Lipinski definition) is 2. The van der Waals surface area contributed by atoms with Gasteiger partial charge in [0.2, 0.25) is 0 Å². The Bertz CT molecular complexity index is 326. The van der Waals surface area contributed by atoms with Gasteiger partial charge in [0, 0.05) is 16.2 Å². The van der Waals surface area contributed by atoms with E-state index in [9.17, 15) is 4.79 Å². The molecule has 0 fully saturated rings. The summed E-state index contributed by atoms with van der Waals surface area (Å²) in [5.41, 5.74) is 1.17. The molecule has 1 rings (SSSR count). The Kier molecular flexibility index (Phi) is 4.19. The van der Waals surface area contributed by atoms with Crippen LogP contribution in [0.5, 0.6) is 0 Å². The fraction of sp³-hybridized carbons (Fsp3) is 0.300. The summed E-state index contributed by atoms with van der Waals surface area (Å²) in [4.78, 5) is 10.7. The van der Waals surface area contributed by atoms with Crippen molar-refractivity contribution in [2.75, 3.05) is 11.9 Å². The average Bonchev–Trinajstić information content (AvgIpc) is 2.15. The van der Waals surface area contributed by atoms with Crippen LogP contribution in [0.2, 0.25) is 0 Å². The molecule has 3 nitrogen and oxygen atoms in total. The number of hydrogen-bond donors (Lipinski definition) is 2. The van der Waals surface area contributed by atoms with Crippen molar-refractivity contribution in [3.8, 4) is 0 Å². The van der Waals surface area contributed by atoms with Gasteiger partial charge in [0.15, 0.2) is 0 Å². The van der Waals surface area contributed by atoms with Gasteiger partial charge < -0.3 is 10.4 Å². The molecule has 1 aromatic rings. The van der Waals surface area contributed by atoms with Gasteiger partial charge in [-0.2, -0.15) is 0 Å². The molecule has 0 aromatic heterocycles. The fourth-order valence-electron chi connectivity index (χ4n) is 1.02. The summed E-state index contributed by atoms with van der Waals surface area (Å²) >= 11 is 2.31. The highest BCUT2D eigenvalue weighted by atomic mass is 127. The van der Waals surface area contributed by atoms with Crippen molar-refractivity contribution in [2.24, 2.45) is 0 Å². The lowest BCUT2D eigenvalue weighted by atomic mass is 10.2. The number of alkyl halides is 1. The van der Waals surface area contributed by atoms with Crippen LogP contribution in [0.4, 0.5) is 5.69 Å². The molecular formula is C10H12INO2. The topological polar surface area (TPSA) is 49.3 Å². The van der Waals surface area contributed by atoms with E-state index in [1.54, 1.807) is 18.2 Å². The number of carboxylic acid groups (broad SMARTS) is 1. The second-order valence-corrected chi connectivity index (χ2v) is 5.17. The summed E-state index contributed by atoms with van der Waals surface area (Å²) in [5.74, 6) is -0.892. The first-order valence-corrected chi connectivity index (χ1v) is 5.55. The van der Waals surface area contributed by atoms with E-state index in [1.165, 1.54) is 0 Å². The lowest BCUT2D eigenvalue weighted by Gasteiger charge is -2.08. The average molecular weight is 305 g/mol. The largest absolute Gasteiger partial charge is 0.478 e. The minimum Gasteiger partial charge on any atom is -0.478 e. The molecule has 0 aliphatic rings. The lowest BCUT2D eigenvalue weighted by molar-refractivity contribution is 0.0697. The van der Waals surface area contributed by atoms with Gasteiger partial charge in [-0.25, -0.2) is 4.79 Å². The molecule has 4 heteroatoms. The molecule has 0 spiro atoms. The van der Waals surface area contributed by atoms with Gasteiger partial charge >= 0.3 is 5.97 Å². The smallest absolute Gasteiger partial charge is 0.335 e. The molecular weight excluding hydrogens is 293 g/mol. The third-order valence-electron chi connectivity index (χ3n) is 1.70. The molecule has 1 atom stereocenters. The summed E-state index contributed by atoms with van der Waals surface area (Å²) in [7, 11) is 0. The first-order valence-electron chi connectivity index (χ1n) is 4.31. The second kappa shape index (κ2) is 5.19. The molecule has 0 amide bonds. The van der Waals surface area contributed by atoms with E-state index in [4.69, 9.17) is 5.11 Å². The number of carboxylic acids is 1. The van der Waals surface area contributed by atoms with Crippen LogP contribution in [-0.4, -0.2) is 21.5 Å². The van der Waals surface area contributed by atoms with Crippen LogP contribution in [0.15, 0.2) is 24.3 Å². The first-order chi connectivity index (χ1) is 6.59. The number of benzene rings is 1. The van der Waals surface area contributed by atoms with E-state index in [0.29, 0.717) is 9.49 Å². The molecule has 0 bridgehead atoms. The Morgan fingerprint density at radius 2 is 2.36 bits per heavy atom. The zero-order valence-electron chi connectivity index (χ0n) is 7.83. The normalized spacial score (nSPS) is 12.1. The predicted octanol–water partition coefficient (Wildman–Crippen LogP) is 2.62. The molecule has 0 aliphatic heterocycles. The van der Waals surface area contributed by atoms with Crippen LogP contribution in [0.1, 0.15) is 17.3 Å². The highest BCUT2D eigenvalue weighted by Gasteiger charge is 2.03. The standard InChI is InChI=1S/C10H12INO2/c1-7(11)6-12-9-4-2-3-8(5-9)10(13)14/h2-5,7,12H,6H2,1H3,(H,13,14)/t7-/m0/s1. The maximum absolute atomic E-state index is 10.7. The van der Waals surface area contributed by atoms with Gasteiger partial charge in [0.25, 0.3) is 0 Å². The zero-order chi connectivity index (χ0) is 10.6. The Morgan fingerprint density at radius 1 is 1.64 bits per heavy atom. The molecule has 0 saturated carbocycles. The Hall–Kier alpha value is -0.780. The van der Waals surface area contributed by atoms with Gasteiger partial charge in [0.05, 0.1) is 5.56 Å². The van der Waals surface area contributed by atoms with Gasteiger partial charge in [-0.05, 0) is 18.2 Å². The van der Waals surface area contributed by atoms with Crippen LogP contribution < -0.4 is 5.32 Å². The number of nitrogens with one attached hydrogen (secondary N) is 1. The molecule has 1 aromatic carbocycles. The Morgan fingerprint density at radius 3 is 2.93 bits per heavy atom. The molecule has 76 valence electrons. The maximum atomic E-state index is 10.7. The van der Waals surface area contributed by atoms with Crippen LogP contribution in [0.3, 0.4) is 0 Å². The minimum absolute atomic E-state index is 0.316. The van der Waals surface area contributed by atoms with Crippen molar-refractivity contribution in [3.05, 3.63) is 29.8 Å². The van der Waals surface area contributed by atoms with E-state index in [0.717, 1.165) is 12.2 Å². The third kappa shape index (κ3) is 3.53. The lowest BCUT2D eigenvalue weighted by Crippen LogP contribution is -2.10. The molecule has 0 aliphatic carbocycles. The first kappa shape index (κ1) is 11.3. The number of anilines is 1. The van der Waals surface area contributed by atoms with Gasteiger partial charge in [-0.15, -0.1) is 0 Å². The van der Waals surface area contributed by atoms with E-state index in [2.05, 4.69) is 34.8 Å². The fourth-order valence-corrected chi connectivity index (χ4v) is 1.24. The van der Waals surface area contributed by atoms with E-state index in [-0.39, 0.29) is 0 Å². The molecule has 0 radical (unpaired) electrons. The summed E-state index contributed by atoms with van der Waals surface area (Å²) < 4.78 is 0.515. The second-order valence-electron chi connectivity index (χ2n) is 3.05. The quantitative estimate of drug-likeness (QED) is 0.664. The third-order valence-corrected chi connectivity index (χ3v) is 2.14. The number of carbonyl (C=O) groups is 1. The maximum Gasteiger partial charge on any atom is 0.335 e. The summed E-state index contributed by atoms with van der Waals surface area (Å²) in [5, 5.41) is 11.9. The molecule has 14 heavy (non-hydrogen) atoms. The van der Waals surface area contributed by atoms with E-state index >= 15 is 0 Å². The van der Waals surface area contributed by atoms with E-state index < -0.39 is 5.97 Å². The molecule has 2 N–H and O–H groups in total. The summed E-state index contributed by atoms with van der Waals surface area (Å²) in [6.07, 6.45) is 0. The number of rotatable bonds is 4. The van der Waals surface area contributed by atoms with Crippen LogP contribution >= 0.6 is 22.6 Å². The van der Waals surface area contributed by atoms with Crippen molar-refractivity contribution in [2.45, 2.75) is 10.8 Å². The van der Waals surface area contributed by atoms with Crippen molar-refractivity contribution >= 4 is 34.2 Å². The van der Waals surface area contributed by atoms with Crippen molar-refractivity contribution < 1.29 is 9.90 Å². The van der Waals surface area contributed by atoms with Crippen molar-refractivity contribution in [3.63, 3.8) is 0 Å². The molecule has 0 heterocycles. The summed E-state index contributed by atoms with van der Waals surface area (Å²) in [6, 6.07) is 6.83. The monoisotopic (exact) mass is 305 g/mol. The highest BCUT2D eigenvalue weighted by Crippen LogP contribution is 2.11. The highest BCUT2D eigenvalue weighted by molar-refractivity contribution is 14.1. The predicted molar refractivity (Wildman–Crippen MR) is 65.4 cm³/mol. The van der Waals surface area contributed by atoms with Crippen LogP contribution in [-0.2, 0) is 0 Å². The number of aromatic carboxylic acids is 1. The van der Waals surface area contributed by atoms with Gasteiger partial charge in [-0.3, -0.25) is 0 Å². The van der Waals surface area contributed by atoms with Gasteiger partial charge in [0.1, 0.15) is 0 Å². The van der Waals surface area contributed by atoms with Crippen LogP contribution in [0, 0.1) is 0 Å². The summed E-state index contributed by atoms with van der Waals surface area (Å²) in [6.45, 7) is 2.93. The Labute approximate surface area is 96.7 Å². The molecule has 0 unspecified atom stereocenters. The SMILES string of the molecule is C[C@H](I)CNc1cccc(C(=O)O)c1. The Balaban J connectivity index is 2.69. The van der Waals surface area contributed by atoms with Crippen molar-refractivity contribution in [1.29, 1.82) is 0 Å². The number of halogens is 1. The minimum atomic E-state index is -0.892. The van der Waals surface area contributed by atoms with E-state index in [1.807, 2.05) is 6.07 Å². The van der Waals surface area contributed by atoms with Crippen molar-refractivity contribution in [1.82, 2.24) is 0 Å². The van der Waals surface area contributed by atoms with Gasteiger partial charge in [-0.1, -0.05) is 35.6 Å². The zero-order valence-corrected chi connectivity index (χ0v) is 9.98.